The number of hydrogen-bond donors (Lipinski definition) is 3. The zero-order chi connectivity index (χ0) is 24.2. The normalized spacial score (nSPS) is 52.2. The standard InChI is InChI=1S/C30H52O3/c1-19(8-11-24(32)26(4,5)33)20-12-14-28(7)22-10-9-21-25(2,3)23(31)13-15-29(21)18-30(22,29)17-16-27(20,28)6/h19-24,31-33H,8-18H2,1-7H3/t19?,20-,21?,22?,23+,24+,27-,28+,29-,30+/m1/s1. The van der Waals surface area contributed by atoms with Crippen LogP contribution < -0.4 is 0 Å². The number of fused-ring (bicyclic) bond motifs is 2. The Kier molecular flexibility index (Phi) is 5.38. The Labute approximate surface area is 203 Å². The zero-order valence-electron chi connectivity index (χ0n) is 22.6. The van der Waals surface area contributed by atoms with Crippen LogP contribution in [0.4, 0.5) is 0 Å². The van der Waals surface area contributed by atoms with E-state index in [9.17, 15) is 15.3 Å². The molecule has 5 saturated carbocycles. The van der Waals surface area contributed by atoms with Crippen molar-refractivity contribution in [3.05, 3.63) is 0 Å². The molecule has 0 aromatic heterocycles. The summed E-state index contributed by atoms with van der Waals surface area (Å²) in [4.78, 5) is 0. The van der Waals surface area contributed by atoms with Crippen molar-refractivity contribution in [2.75, 3.05) is 0 Å². The third-order valence-electron chi connectivity index (χ3n) is 13.6. The molecule has 190 valence electrons. The van der Waals surface area contributed by atoms with Crippen LogP contribution in [0.15, 0.2) is 0 Å². The Hall–Kier alpha value is -0.120. The van der Waals surface area contributed by atoms with E-state index in [2.05, 4.69) is 34.6 Å². The van der Waals surface area contributed by atoms with Gasteiger partial charge >= 0.3 is 0 Å². The first-order valence-corrected chi connectivity index (χ1v) is 14.2. The molecule has 2 spiro atoms. The van der Waals surface area contributed by atoms with Crippen LogP contribution in [-0.2, 0) is 0 Å². The molecule has 5 aliphatic rings. The van der Waals surface area contributed by atoms with E-state index in [1.807, 2.05) is 0 Å². The molecule has 0 saturated heterocycles. The van der Waals surface area contributed by atoms with Gasteiger partial charge in [0.25, 0.3) is 0 Å². The van der Waals surface area contributed by atoms with Crippen LogP contribution in [0.2, 0.25) is 0 Å². The third kappa shape index (κ3) is 3.03. The maximum Gasteiger partial charge on any atom is 0.0849 e. The van der Waals surface area contributed by atoms with Gasteiger partial charge in [-0.05, 0) is 135 Å². The Bertz CT molecular complexity index is 784. The molecule has 5 aliphatic carbocycles. The fourth-order valence-corrected chi connectivity index (χ4v) is 11.3. The molecular weight excluding hydrogens is 408 g/mol. The van der Waals surface area contributed by atoms with Gasteiger partial charge < -0.3 is 15.3 Å². The van der Waals surface area contributed by atoms with Crippen molar-refractivity contribution < 1.29 is 15.3 Å². The van der Waals surface area contributed by atoms with Crippen molar-refractivity contribution >= 4 is 0 Å². The lowest BCUT2D eigenvalue weighted by molar-refractivity contribution is -0.161. The van der Waals surface area contributed by atoms with Gasteiger partial charge in [0.2, 0.25) is 0 Å². The quantitative estimate of drug-likeness (QED) is 0.449. The number of hydrogen-bond acceptors (Lipinski definition) is 3. The van der Waals surface area contributed by atoms with Gasteiger partial charge in [0.1, 0.15) is 0 Å². The van der Waals surface area contributed by atoms with Gasteiger partial charge in [-0.2, -0.15) is 0 Å². The lowest BCUT2D eigenvalue weighted by Crippen LogP contribution is -2.57. The second-order valence-corrected chi connectivity index (χ2v) is 15.3. The molecule has 3 nitrogen and oxygen atoms in total. The molecule has 0 heterocycles. The fraction of sp³-hybridized carbons (Fsp3) is 1.00. The molecule has 0 radical (unpaired) electrons. The Morgan fingerprint density at radius 2 is 1.45 bits per heavy atom. The van der Waals surface area contributed by atoms with Gasteiger partial charge in [-0.3, -0.25) is 0 Å². The highest BCUT2D eigenvalue weighted by atomic mass is 16.3. The van der Waals surface area contributed by atoms with E-state index < -0.39 is 11.7 Å². The van der Waals surface area contributed by atoms with Crippen molar-refractivity contribution in [2.24, 2.45) is 50.7 Å². The summed E-state index contributed by atoms with van der Waals surface area (Å²) in [6.07, 6.45) is 12.8. The number of aliphatic hydroxyl groups is 3. The Balaban J connectivity index is 1.37. The average Bonchev–Trinajstić information content (AvgIpc) is 3.31. The lowest BCUT2D eigenvalue weighted by atomic mass is 9.41. The van der Waals surface area contributed by atoms with Crippen LogP contribution in [0.1, 0.15) is 119 Å². The topological polar surface area (TPSA) is 60.7 Å². The average molecular weight is 461 g/mol. The summed E-state index contributed by atoms with van der Waals surface area (Å²) in [7, 11) is 0. The molecule has 5 rings (SSSR count). The van der Waals surface area contributed by atoms with Crippen LogP contribution in [0.5, 0.6) is 0 Å². The molecule has 3 heteroatoms. The Morgan fingerprint density at radius 3 is 2.12 bits per heavy atom. The lowest BCUT2D eigenvalue weighted by Gasteiger charge is -2.63. The first-order chi connectivity index (χ1) is 15.2. The van der Waals surface area contributed by atoms with Crippen molar-refractivity contribution in [3.8, 4) is 0 Å². The van der Waals surface area contributed by atoms with E-state index in [4.69, 9.17) is 0 Å². The number of rotatable bonds is 5. The van der Waals surface area contributed by atoms with Crippen molar-refractivity contribution in [1.82, 2.24) is 0 Å². The highest BCUT2D eigenvalue weighted by molar-refractivity contribution is 5.30. The van der Waals surface area contributed by atoms with Gasteiger partial charge in [0.05, 0.1) is 17.8 Å². The third-order valence-corrected chi connectivity index (χ3v) is 13.6. The van der Waals surface area contributed by atoms with Gasteiger partial charge in [0, 0.05) is 0 Å². The molecule has 10 atom stereocenters. The van der Waals surface area contributed by atoms with E-state index in [1.54, 1.807) is 13.8 Å². The van der Waals surface area contributed by atoms with Gasteiger partial charge in [-0.25, -0.2) is 0 Å². The largest absolute Gasteiger partial charge is 0.393 e. The van der Waals surface area contributed by atoms with Crippen molar-refractivity contribution in [1.29, 1.82) is 0 Å². The second kappa shape index (κ2) is 7.22. The van der Waals surface area contributed by atoms with Crippen LogP contribution >= 0.6 is 0 Å². The summed E-state index contributed by atoms with van der Waals surface area (Å²) in [5.74, 6) is 2.88. The minimum Gasteiger partial charge on any atom is -0.393 e. The van der Waals surface area contributed by atoms with Crippen molar-refractivity contribution in [2.45, 2.75) is 137 Å². The van der Waals surface area contributed by atoms with Crippen LogP contribution in [0.25, 0.3) is 0 Å². The predicted molar refractivity (Wildman–Crippen MR) is 134 cm³/mol. The molecule has 0 aromatic rings. The first kappa shape index (κ1) is 24.6. The molecule has 0 aliphatic heterocycles. The molecule has 5 fully saturated rings. The fourth-order valence-electron chi connectivity index (χ4n) is 11.3. The van der Waals surface area contributed by atoms with Crippen LogP contribution in [-0.4, -0.2) is 33.1 Å². The molecule has 0 bridgehead atoms. The zero-order valence-corrected chi connectivity index (χ0v) is 22.6. The summed E-state index contributed by atoms with van der Waals surface area (Å²) < 4.78 is 0. The van der Waals surface area contributed by atoms with E-state index >= 15 is 0 Å². The highest BCUT2D eigenvalue weighted by Gasteiger charge is 2.82. The second-order valence-electron chi connectivity index (χ2n) is 15.3. The minimum absolute atomic E-state index is 0.0718. The molecule has 0 aromatic carbocycles. The summed E-state index contributed by atoms with van der Waals surface area (Å²) in [6, 6.07) is 0. The SMILES string of the molecule is CC(CC[C@H](O)C(C)(C)O)[C@H]1CC[C@@]2(C)C3CCC4C(C)(C)[C@@H](O)CC[C@@]45C[C@@]35CC[C@]12C. The van der Waals surface area contributed by atoms with Gasteiger partial charge in [-0.1, -0.05) is 34.6 Å². The maximum atomic E-state index is 10.8. The van der Waals surface area contributed by atoms with E-state index in [0.717, 1.165) is 24.7 Å². The minimum atomic E-state index is -1.01. The van der Waals surface area contributed by atoms with E-state index in [1.165, 1.54) is 51.4 Å². The van der Waals surface area contributed by atoms with Crippen LogP contribution in [0, 0.1) is 50.7 Å². The first-order valence-electron chi connectivity index (χ1n) is 14.2. The molecule has 3 unspecified atom stereocenters. The summed E-state index contributed by atoms with van der Waals surface area (Å²) in [5, 5.41) is 31.5. The van der Waals surface area contributed by atoms with Gasteiger partial charge in [0.15, 0.2) is 0 Å². The molecule has 3 N–H and O–H groups in total. The molecule has 0 amide bonds. The highest BCUT2D eigenvalue weighted by Crippen LogP contribution is 2.89. The van der Waals surface area contributed by atoms with E-state index in [-0.39, 0.29) is 11.5 Å². The van der Waals surface area contributed by atoms with Crippen LogP contribution in [0.3, 0.4) is 0 Å². The summed E-state index contributed by atoms with van der Waals surface area (Å²) in [6.45, 7) is 15.9. The predicted octanol–water partition coefficient (Wildman–Crippen LogP) is 6.33. The van der Waals surface area contributed by atoms with Gasteiger partial charge in [-0.15, -0.1) is 0 Å². The summed E-state index contributed by atoms with van der Waals surface area (Å²) in [5.41, 5.74) is 0.949. The smallest absolute Gasteiger partial charge is 0.0849 e. The number of aliphatic hydroxyl groups excluding tert-OH is 2. The molecule has 33 heavy (non-hydrogen) atoms. The molecular formula is C30H52O3. The summed E-state index contributed by atoms with van der Waals surface area (Å²) >= 11 is 0. The van der Waals surface area contributed by atoms with E-state index in [0.29, 0.717) is 39.9 Å². The Morgan fingerprint density at radius 1 is 0.818 bits per heavy atom. The van der Waals surface area contributed by atoms with Crippen molar-refractivity contribution in [3.63, 3.8) is 0 Å². The maximum absolute atomic E-state index is 10.8. The monoisotopic (exact) mass is 460 g/mol.